The Labute approximate surface area is 382 Å². The Morgan fingerprint density at radius 1 is 0.532 bits per heavy atom. The zero-order valence-electron chi connectivity index (χ0n) is 40.6. The Hall–Kier alpha value is -1.07. The highest BCUT2D eigenvalue weighted by Gasteiger charge is 2.44. The average molecular weight is 882 g/mol. The van der Waals surface area contributed by atoms with Gasteiger partial charge >= 0.3 is 0 Å². The zero-order valence-corrected chi connectivity index (χ0v) is 40.6. The maximum atomic E-state index is 13.0. The summed E-state index contributed by atoms with van der Waals surface area (Å²) in [5, 5.41) is 54.4. The first-order valence-corrected chi connectivity index (χ1v) is 26.9. The lowest BCUT2D eigenvalue weighted by Crippen LogP contribution is -2.60. The van der Waals surface area contributed by atoms with Crippen molar-refractivity contribution in [3.8, 4) is 0 Å². The first kappa shape index (κ1) is 58.9. The van der Waals surface area contributed by atoms with Crippen LogP contribution in [0.3, 0.4) is 0 Å². The minimum atomic E-state index is -1.56. The number of rotatable bonds is 46. The summed E-state index contributed by atoms with van der Waals surface area (Å²) in [6.07, 6.45) is 45.5. The SMILES string of the molecule is CCCCCCCCCCCCCCCCCCC/C=C/C(O)C(COC1OC(CO)C(O)C(O)C1O)NC(=O)CCCCCCCCCCCCCCCCCCCCCC. The molecule has 1 rings (SSSR count). The third-order valence-corrected chi connectivity index (χ3v) is 13.1. The molecule has 0 bridgehead atoms. The summed E-state index contributed by atoms with van der Waals surface area (Å²) >= 11 is 0. The van der Waals surface area contributed by atoms with Gasteiger partial charge < -0.3 is 40.3 Å². The van der Waals surface area contributed by atoms with E-state index in [9.17, 15) is 30.3 Å². The lowest BCUT2D eigenvalue weighted by Gasteiger charge is -2.40. The lowest BCUT2D eigenvalue weighted by atomic mass is 9.99. The fourth-order valence-electron chi connectivity index (χ4n) is 8.81. The Balaban J connectivity index is 2.26. The summed E-state index contributed by atoms with van der Waals surface area (Å²) in [6, 6.07) is -0.799. The molecule has 368 valence electrons. The molecular weight excluding hydrogens is 779 g/mol. The maximum Gasteiger partial charge on any atom is 0.220 e. The van der Waals surface area contributed by atoms with Crippen LogP contribution in [-0.2, 0) is 14.3 Å². The van der Waals surface area contributed by atoms with E-state index in [0.717, 1.165) is 38.5 Å². The largest absolute Gasteiger partial charge is 0.394 e. The zero-order chi connectivity index (χ0) is 45.1. The van der Waals surface area contributed by atoms with Crippen molar-refractivity contribution < 1.29 is 39.8 Å². The second-order valence-corrected chi connectivity index (χ2v) is 19.0. The van der Waals surface area contributed by atoms with Crippen molar-refractivity contribution in [2.75, 3.05) is 13.2 Å². The van der Waals surface area contributed by atoms with E-state index in [2.05, 4.69) is 19.2 Å². The van der Waals surface area contributed by atoms with Crippen LogP contribution >= 0.6 is 0 Å². The van der Waals surface area contributed by atoms with Gasteiger partial charge in [0.25, 0.3) is 0 Å². The fourth-order valence-corrected chi connectivity index (χ4v) is 8.81. The fraction of sp³-hybridized carbons (Fsp3) is 0.943. The summed E-state index contributed by atoms with van der Waals surface area (Å²) < 4.78 is 11.3. The second kappa shape index (κ2) is 43.8. The molecule has 0 aromatic heterocycles. The van der Waals surface area contributed by atoms with Crippen molar-refractivity contribution in [2.24, 2.45) is 0 Å². The van der Waals surface area contributed by atoms with Crippen LogP contribution in [0.2, 0.25) is 0 Å². The van der Waals surface area contributed by atoms with Crippen molar-refractivity contribution >= 4 is 5.91 Å². The molecule has 0 aliphatic carbocycles. The summed E-state index contributed by atoms with van der Waals surface area (Å²) in [5.74, 6) is -0.171. The van der Waals surface area contributed by atoms with Crippen LogP contribution in [0.15, 0.2) is 12.2 Å². The molecule has 9 heteroatoms. The first-order chi connectivity index (χ1) is 30.3. The molecule has 0 aromatic carbocycles. The number of carbonyl (C=O) groups excluding carboxylic acids is 1. The number of carbonyl (C=O) groups is 1. The van der Waals surface area contributed by atoms with Crippen LogP contribution in [0.1, 0.15) is 264 Å². The molecule has 62 heavy (non-hydrogen) atoms. The molecule has 7 atom stereocenters. The number of hydrogen-bond acceptors (Lipinski definition) is 8. The van der Waals surface area contributed by atoms with Crippen LogP contribution in [0.5, 0.6) is 0 Å². The van der Waals surface area contributed by atoms with Gasteiger partial charge in [-0.2, -0.15) is 0 Å². The van der Waals surface area contributed by atoms with Crippen LogP contribution in [0, 0.1) is 0 Å². The Morgan fingerprint density at radius 3 is 1.26 bits per heavy atom. The molecule has 0 radical (unpaired) electrons. The molecule has 1 amide bonds. The van der Waals surface area contributed by atoms with E-state index in [1.165, 1.54) is 205 Å². The molecule has 1 heterocycles. The number of aliphatic hydroxyl groups excluding tert-OH is 5. The Morgan fingerprint density at radius 2 is 0.887 bits per heavy atom. The minimum Gasteiger partial charge on any atom is -0.394 e. The topological polar surface area (TPSA) is 149 Å². The van der Waals surface area contributed by atoms with Gasteiger partial charge in [-0.25, -0.2) is 0 Å². The van der Waals surface area contributed by atoms with Gasteiger partial charge in [-0.05, 0) is 19.3 Å². The van der Waals surface area contributed by atoms with Crippen LogP contribution in [0.4, 0.5) is 0 Å². The summed E-state index contributed by atoms with van der Waals surface area (Å²) in [7, 11) is 0. The number of nitrogens with one attached hydrogen (secondary N) is 1. The van der Waals surface area contributed by atoms with E-state index in [1.54, 1.807) is 6.08 Å². The minimum absolute atomic E-state index is 0.171. The van der Waals surface area contributed by atoms with Crippen molar-refractivity contribution in [2.45, 2.75) is 307 Å². The molecule has 7 unspecified atom stereocenters. The van der Waals surface area contributed by atoms with Crippen LogP contribution in [0.25, 0.3) is 0 Å². The molecule has 1 aliphatic rings. The molecule has 6 N–H and O–H groups in total. The quantitative estimate of drug-likeness (QED) is 0.0261. The van der Waals surface area contributed by atoms with Gasteiger partial charge in [0.1, 0.15) is 24.4 Å². The lowest BCUT2D eigenvalue weighted by molar-refractivity contribution is -0.302. The number of ether oxygens (including phenoxy) is 2. The highest BCUT2D eigenvalue weighted by Crippen LogP contribution is 2.23. The predicted octanol–water partition coefficient (Wildman–Crippen LogP) is 12.5. The normalized spacial score (nSPS) is 20.3. The van der Waals surface area contributed by atoms with E-state index in [1.807, 2.05) is 6.08 Å². The third-order valence-electron chi connectivity index (χ3n) is 13.1. The van der Waals surface area contributed by atoms with E-state index in [-0.39, 0.29) is 12.5 Å². The monoisotopic (exact) mass is 882 g/mol. The molecule has 1 fully saturated rings. The molecule has 9 nitrogen and oxygen atoms in total. The van der Waals surface area contributed by atoms with E-state index >= 15 is 0 Å². The van der Waals surface area contributed by atoms with E-state index in [4.69, 9.17) is 9.47 Å². The molecule has 1 saturated heterocycles. The third kappa shape index (κ3) is 33.4. The van der Waals surface area contributed by atoms with Gasteiger partial charge in [0.2, 0.25) is 5.91 Å². The smallest absolute Gasteiger partial charge is 0.220 e. The van der Waals surface area contributed by atoms with Gasteiger partial charge in [-0.3, -0.25) is 4.79 Å². The second-order valence-electron chi connectivity index (χ2n) is 19.0. The number of aliphatic hydroxyl groups is 5. The highest BCUT2D eigenvalue weighted by molar-refractivity contribution is 5.76. The highest BCUT2D eigenvalue weighted by atomic mass is 16.7. The molecule has 1 aliphatic heterocycles. The average Bonchev–Trinajstić information content (AvgIpc) is 3.27. The van der Waals surface area contributed by atoms with Gasteiger partial charge in [0, 0.05) is 6.42 Å². The summed E-state index contributed by atoms with van der Waals surface area (Å²) in [4.78, 5) is 13.0. The van der Waals surface area contributed by atoms with Gasteiger partial charge in [-0.1, -0.05) is 251 Å². The summed E-state index contributed by atoms with van der Waals surface area (Å²) in [5.41, 5.74) is 0. The van der Waals surface area contributed by atoms with Crippen LogP contribution < -0.4 is 5.32 Å². The van der Waals surface area contributed by atoms with E-state index in [0.29, 0.717) is 6.42 Å². The molecule has 0 saturated carbocycles. The van der Waals surface area contributed by atoms with E-state index < -0.39 is 49.5 Å². The van der Waals surface area contributed by atoms with Crippen molar-refractivity contribution in [3.05, 3.63) is 12.2 Å². The molecule has 0 spiro atoms. The standard InChI is InChI=1S/C53H103NO8/c1-3-5-7-9-11-13-15-17-19-21-23-25-27-29-31-33-35-37-39-41-43-49(57)54-46(45-61-53-52(60)51(59)50(58)48(44-55)62-53)47(56)42-40-38-36-34-32-30-28-26-24-22-20-18-16-14-12-10-8-6-4-2/h40,42,46-48,50-53,55-56,58-60H,3-39,41,43-45H2,1-2H3,(H,54,57)/b42-40+. The van der Waals surface area contributed by atoms with Crippen molar-refractivity contribution in [1.29, 1.82) is 0 Å². The van der Waals surface area contributed by atoms with Gasteiger partial charge in [0.15, 0.2) is 6.29 Å². The summed E-state index contributed by atoms with van der Waals surface area (Å²) in [6.45, 7) is 3.81. The molecular formula is C53H103NO8. The van der Waals surface area contributed by atoms with Crippen molar-refractivity contribution in [1.82, 2.24) is 5.32 Å². The number of hydrogen-bond donors (Lipinski definition) is 6. The Kier molecular flexibility index (Phi) is 41.6. The number of unbranched alkanes of at least 4 members (excludes halogenated alkanes) is 36. The number of amides is 1. The predicted molar refractivity (Wildman–Crippen MR) is 258 cm³/mol. The first-order valence-electron chi connectivity index (χ1n) is 26.9. The Bertz CT molecular complexity index is 981. The maximum absolute atomic E-state index is 13.0. The molecule has 0 aromatic rings. The van der Waals surface area contributed by atoms with Crippen molar-refractivity contribution in [3.63, 3.8) is 0 Å². The van der Waals surface area contributed by atoms with Gasteiger partial charge in [-0.15, -0.1) is 0 Å². The number of allylic oxidation sites excluding steroid dienone is 1. The van der Waals surface area contributed by atoms with Gasteiger partial charge in [0.05, 0.1) is 25.4 Å². The van der Waals surface area contributed by atoms with Crippen LogP contribution in [-0.4, -0.2) is 87.5 Å².